The molecule has 0 spiro atoms. The molecular weight excluding hydrogens is 431 g/mol. The Morgan fingerprint density at radius 1 is 1.19 bits per heavy atom. The van der Waals surface area contributed by atoms with Crippen molar-refractivity contribution in [3.8, 4) is 0 Å². The van der Waals surface area contributed by atoms with Gasteiger partial charge in [0, 0.05) is 15.7 Å². The minimum atomic E-state index is -0.522. The van der Waals surface area contributed by atoms with Gasteiger partial charge in [-0.3, -0.25) is 9.59 Å². The summed E-state index contributed by atoms with van der Waals surface area (Å²) >= 11 is 4.79. The lowest BCUT2D eigenvalue weighted by atomic mass is 9.95. The highest BCUT2D eigenvalue weighted by Gasteiger charge is 2.34. The second kappa shape index (κ2) is 7.25. The Kier molecular flexibility index (Phi) is 4.80. The Labute approximate surface area is 167 Å². The Morgan fingerprint density at radius 2 is 1.96 bits per heavy atom. The molecular formula is C20H14BrFN2O2S. The van der Waals surface area contributed by atoms with E-state index in [1.165, 1.54) is 28.4 Å². The van der Waals surface area contributed by atoms with E-state index in [9.17, 15) is 14.0 Å². The van der Waals surface area contributed by atoms with Gasteiger partial charge in [-0.15, -0.1) is 11.3 Å². The maximum Gasteiger partial charge on any atom is 0.265 e. The van der Waals surface area contributed by atoms with Crippen LogP contribution in [0.3, 0.4) is 0 Å². The first kappa shape index (κ1) is 17.9. The molecule has 2 aromatic carbocycles. The summed E-state index contributed by atoms with van der Waals surface area (Å²) in [6, 6.07) is 14.5. The van der Waals surface area contributed by atoms with Gasteiger partial charge < -0.3 is 10.2 Å². The predicted octanol–water partition coefficient (Wildman–Crippen LogP) is 4.83. The summed E-state index contributed by atoms with van der Waals surface area (Å²) in [5.41, 5.74) is 2.14. The number of carbonyl (C=O) groups is 2. The third-order valence-corrected chi connectivity index (χ3v) is 5.74. The molecule has 0 bridgehead atoms. The van der Waals surface area contributed by atoms with Crippen molar-refractivity contribution in [1.29, 1.82) is 0 Å². The number of amides is 2. The summed E-state index contributed by atoms with van der Waals surface area (Å²) in [6.07, 6.45) is 0. The molecule has 1 aliphatic heterocycles. The van der Waals surface area contributed by atoms with E-state index >= 15 is 0 Å². The van der Waals surface area contributed by atoms with Crippen molar-refractivity contribution in [3.05, 3.63) is 86.3 Å². The number of anilines is 1. The maximum absolute atomic E-state index is 13.5. The molecule has 2 amide bonds. The van der Waals surface area contributed by atoms with Gasteiger partial charge in [-0.25, -0.2) is 4.39 Å². The number of nitrogens with zero attached hydrogens (tertiary/aromatic N) is 1. The average molecular weight is 445 g/mol. The van der Waals surface area contributed by atoms with Crippen LogP contribution in [0.4, 0.5) is 10.1 Å². The molecule has 7 heteroatoms. The van der Waals surface area contributed by atoms with Crippen LogP contribution in [0, 0.1) is 5.82 Å². The largest absolute Gasteiger partial charge is 0.324 e. The first-order valence-electron chi connectivity index (χ1n) is 8.22. The Hall–Kier alpha value is -2.51. The number of carbonyl (C=O) groups excluding carboxylic acids is 2. The molecule has 4 rings (SSSR count). The Morgan fingerprint density at radius 3 is 2.67 bits per heavy atom. The molecule has 3 aromatic rings. The number of fused-ring (bicyclic) bond motifs is 1. The molecule has 0 fully saturated rings. The van der Waals surface area contributed by atoms with Gasteiger partial charge in [0.2, 0.25) is 5.91 Å². The molecule has 1 atom stereocenters. The number of hydrogen-bond donors (Lipinski definition) is 1. The summed E-state index contributed by atoms with van der Waals surface area (Å²) in [5, 5.41) is 4.69. The van der Waals surface area contributed by atoms with Crippen molar-refractivity contribution in [2.45, 2.75) is 6.04 Å². The molecule has 0 saturated heterocycles. The van der Waals surface area contributed by atoms with Crippen LogP contribution in [0.2, 0.25) is 0 Å². The first-order valence-corrected chi connectivity index (χ1v) is 9.89. The van der Waals surface area contributed by atoms with Crippen LogP contribution in [-0.4, -0.2) is 23.3 Å². The minimum absolute atomic E-state index is 0.0922. The lowest BCUT2D eigenvalue weighted by molar-refractivity contribution is -0.117. The fourth-order valence-corrected chi connectivity index (χ4v) is 4.27. The summed E-state index contributed by atoms with van der Waals surface area (Å²) in [7, 11) is 0. The molecule has 1 unspecified atom stereocenters. The third kappa shape index (κ3) is 3.52. The van der Waals surface area contributed by atoms with Crippen molar-refractivity contribution < 1.29 is 14.0 Å². The van der Waals surface area contributed by atoms with E-state index in [0.29, 0.717) is 10.6 Å². The number of halogens is 2. The van der Waals surface area contributed by atoms with Crippen LogP contribution in [0.1, 0.15) is 26.8 Å². The van der Waals surface area contributed by atoms with E-state index in [1.54, 1.807) is 30.3 Å². The fourth-order valence-electron chi connectivity index (χ4n) is 3.21. The molecule has 0 radical (unpaired) electrons. The van der Waals surface area contributed by atoms with Gasteiger partial charge in [-0.2, -0.15) is 0 Å². The molecule has 1 aromatic heterocycles. The van der Waals surface area contributed by atoms with Gasteiger partial charge in [0.05, 0.1) is 10.9 Å². The second-order valence-corrected chi connectivity index (χ2v) is 8.01. The van der Waals surface area contributed by atoms with Crippen molar-refractivity contribution >= 4 is 44.8 Å². The SMILES string of the molecule is O=C1CN(C(=O)c2cccs2)C(c2ccc(F)cc2)c2cc(Br)ccc2N1. The fraction of sp³-hybridized carbons (Fsp3) is 0.100. The quantitative estimate of drug-likeness (QED) is 0.614. The minimum Gasteiger partial charge on any atom is -0.324 e. The van der Waals surface area contributed by atoms with Crippen LogP contribution in [0.5, 0.6) is 0 Å². The van der Waals surface area contributed by atoms with Crippen LogP contribution in [-0.2, 0) is 4.79 Å². The highest BCUT2D eigenvalue weighted by molar-refractivity contribution is 9.10. The van der Waals surface area contributed by atoms with Gasteiger partial charge in [0.25, 0.3) is 5.91 Å². The van der Waals surface area contributed by atoms with E-state index in [-0.39, 0.29) is 24.2 Å². The molecule has 1 aliphatic rings. The van der Waals surface area contributed by atoms with E-state index in [1.807, 2.05) is 17.5 Å². The van der Waals surface area contributed by atoms with Crippen LogP contribution >= 0.6 is 27.3 Å². The zero-order valence-corrected chi connectivity index (χ0v) is 16.4. The molecule has 2 heterocycles. The highest BCUT2D eigenvalue weighted by Crippen LogP contribution is 2.38. The summed E-state index contributed by atoms with van der Waals surface area (Å²) in [5.74, 6) is -0.859. The molecule has 0 saturated carbocycles. The van der Waals surface area contributed by atoms with E-state index in [0.717, 1.165) is 15.6 Å². The van der Waals surface area contributed by atoms with Crippen LogP contribution < -0.4 is 5.32 Å². The highest BCUT2D eigenvalue weighted by atomic mass is 79.9. The van der Waals surface area contributed by atoms with Crippen molar-refractivity contribution in [3.63, 3.8) is 0 Å². The second-order valence-electron chi connectivity index (χ2n) is 6.14. The van der Waals surface area contributed by atoms with Gasteiger partial charge in [0.15, 0.2) is 0 Å². The van der Waals surface area contributed by atoms with Gasteiger partial charge in [-0.1, -0.05) is 34.1 Å². The summed E-state index contributed by atoms with van der Waals surface area (Å²) < 4.78 is 14.3. The monoisotopic (exact) mass is 444 g/mol. The third-order valence-electron chi connectivity index (χ3n) is 4.39. The predicted molar refractivity (Wildman–Crippen MR) is 106 cm³/mol. The van der Waals surface area contributed by atoms with Crippen molar-refractivity contribution in [2.75, 3.05) is 11.9 Å². The number of benzene rings is 2. The van der Waals surface area contributed by atoms with Crippen molar-refractivity contribution in [1.82, 2.24) is 4.90 Å². The molecule has 4 nitrogen and oxygen atoms in total. The maximum atomic E-state index is 13.5. The first-order chi connectivity index (χ1) is 13.0. The molecule has 0 aliphatic carbocycles. The van der Waals surface area contributed by atoms with E-state index < -0.39 is 6.04 Å². The van der Waals surface area contributed by atoms with Gasteiger partial charge >= 0.3 is 0 Å². The molecule has 1 N–H and O–H groups in total. The zero-order valence-electron chi connectivity index (χ0n) is 14.0. The number of hydrogen-bond acceptors (Lipinski definition) is 3. The number of rotatable bonds is 2. The standard InChI is InChI=1S/C20H14BrFN2O2S/c21-13-5-8-16-15(10-13)19(12-3-6-14(22)7-4-12)24(11-18(25)23-16)20(26)17-2-1-9-27-17/h1-10,19H,11H2,(H,23,25). The summed E-state index contributed by atoms with van der Waals surface area (Å²) in [4.78, 5) is 27.7. The average Bonchev–Trinajstić information content (AvgIpc) is 3.14. The number of thiophene rings is 1. The lowest BCUT2D eigenvalue weighted by Crippen LogP contribution is -2.38. The topological polar surface area (TPSA) is 49.4 Å². The van der Waals surface area contributed by atoms with Crippen LogP contribution in [0.25, 0.3) is 0 Å². The normalized spacial score (nSPS) is 16.4. The summed E-state index contributed by atoms with van der Waals surface area (Å²) in [6.45, 7) is -0.0922. The van der Waals surface area contributed by atoms with Gasteiger partial charge in [0.1, 0.15) is 12.4 Å². The smallest absolute Gasteiger partial charge is 0.265 e. The molecule has 27 heavy (non-hydrogen) atoms. The molecule has 136 valence electrons. The van der Waals surface area contributed by atoms with Gasteiger partial charge in [-0.05, 0) is 47.3 Å². The Balaban J connectivity index is 1.90. The zero-order chi connectivity index (χ0) is 19.0. The lowest BCUT2D eigenvalue weighted by Gasteiger charge is -2.30. The van der Waals surface area contributed by atoms with Crippen LogP contribution in [0.15, 0.2) is 64.5 Å². The Bertz CT molecular complexity index is 1010. The van der Waals surface area contributed by atoms with E-state index in [4.69, 9.17) is 0 Å². The van der Waals surface area contributed by atoms with Crippen molar-refractivity contribution in [2.24, 2.45) is 0 Å². The number of nitrogens with one attached hydrogen (secondary N) is 1. The van der Waals surface area contributed by atoms with E-state index in [2.05, 4.69) is 21.2 Å².